The van der Waals surface area contributed by atoms with Crippen LogP contribution in [0.15, 0.2) is 0 Å². The number of hydrogen-bond donors (Lipinski definition) is 1. The van der Waals surface area contributed by atoms with E-state index in [1.807, 2.05) is 0 Å². The van der Waals surface area contributed by atoms with Gasteiger partial charge in [0.05, 0.1) is 0 Å². The molecule has 1 atom stereocenters. The molecule has 0 aliphatic heterocycles. The van der Waals surface area contributed by atoms with Gasteiger partial charge in [-0.3, -0.25) is 0 Å². The molecule has 12 heavy (non-hydrogen) atoms. The molecule has 0 saturated carbocycles. The Morgan fingerprint density at radius 2 is 1.83 bits per heavy atom. The molecule has 72 valence electrons. The van der Waals surface area contributed by atoms with E-state index in [9.17, 15) is 4.57 Å². The summed E-state index contributed by atoms with van der Waals surface area (Å²) in [6, 6.07) is 0. The fourth-order valence-corrected chi connectivity index (χ4v) is 1.13. The third kappa shape index (κ3) is 13.3. The minimum absolute atomic E-state index is 0. The van der Waals surface area contributed by atoms with E-state index in [4.69, 9.17) is 4.89 Å². The predicted molar refractivity (Wildman–Crippen MR) is 44.5 cm³/mol. The Bertz CT molecular complexity index is 111. The minimum Gasteiger partial charge on any atom is -0.133 e. The number of unbranched alkanes of at least 4 members (excludes halogenated alkanes) is 4. The molecule has 0 aromatic carbocycles. The second-order valence-electron chi connectivity index (χ2n) is 2.49. The van der Waals surface area contributed by atoms with Crippen molar-refractivity contribution in [2.75, 3.05) is 6.61 Å². The van der Waals surface area contributed by atoms with Crippen LogP contribution in [0, 0.1) is 0 Å². The zero-order chi connectivity index (χ0) is 8.53. The van der Waals surface area contributed by atoms with Crippen LogP contribution in [0.1, 0.15) is 39.0 Å². The summed E-state index contributed by atoms with van der Waals surface area (Å²) in [5, 5.41) is 0. The van der Waals surface area contributed by atoms with Crippen molar-refractivity contribution in [3.05, 3.63) is 0 Å². The van der Waals surface area contributed by atoms with Crippen LogP contribution in [-0.2, 0) is 30.2 Å². The third-order valence-corrected chi connectivity index (χ3v) is 1.85. The van der Waals surface area contributed by atoms with Crippen molar-refractivity contribution in [2.24, 2.45) is 0 Å². The van der Waals surface area contributed by atoms with Gasteiger partial charge in [-0.15, -0.1) is 9.42 Å². The molecular formula is C7H16MoO3P+. The molecule has 0 bridgehead atoms. The quantitative estimate of drug-likeness (QED) is 0.441. The van der Waals surface area contributed by atoms with E-state index >= 15 is 0 Å². The summed E-state index contributed by atoms with van der Waals surface area (Å²) in [7, 11) is -2.37. The van der Waals surface area contributed by atoms with Crippen LogP contribution in [-0.4, -0.2) is 11.5 Å². The van der Waals surface area contributed by atoms with Crippen molar-refractivity contribution in [2.45, 2.75) is 39.0 Å². The molecule has 3 nitrogen and oxygen atoms in total. The Morgan fingerprint density at radius 3 is 2.33 bits per heavy atom. The van der Waals surface area contributed by atoms with Gasteiger partial charge in [0.2, 0.25) is 0 Å². The first-order valence-electron chi connectivity index (χ1n) is 4.06. The minimum atomic E-state index is -2.37. The summed E-state index contributed by atoms with van der Waals surface area (Å²) in [5.74, 6) is 0. The molecule has 0 spiro atoms. The van der Waals surface area contributed by atoms with E-state index in [2.05, 4.69) is 11.4 Å². The molecule has 0 aliphatic carbocycles. The fourth-order valence-electron chi connectivity index (χ4n) is 0.848. The van der Waals surface area contributed by atoms with Crippen LogP contribution < -0.4 is 0 Å². The molecule has 0 saturated heterocycles. The zero-order valence-electron chi connectivity index (χ0n) is 7.36. The van der Waals surface area contributed by atoms with E-state index in [1.54, 1.807) is 0 Å². The third-order valence-electron chi connectivity index (χ3n) is 1.45. The zero-order valence-corrected chi connectivity index (χ0v) is 10.3. The molecule has 0 fully saturated rings. The summed E-state index contributed by atoms with van der Waals surface area (Å²) in [5.41, 5.74) is 0. The monoisotopic (exact) mass is 277 g/mol. The molecule has 0 aromatic heterocycles. The topological polar surface area (TPSA) is 46.5 Å². The molecule has 0 rings (SSSR count). The van der Waals surface area contributed by atoms with Crippen LogP contribution in [0.3, 0.4) is 0 Å². The maximum Gasteiger partial charge on any atom is 0.694 e. The molecule has 0 aromatic rings. The summed E-state index contributed by atoms with van der Waals surface area (Å²) in [6.07, 6.45) is 5.64. The van der Waals surface area contributed by atoms with Crippen LogP contribution in [0.2, 0.25) is 0 Å². The van der Waals surface area contributed by atoms with Crippen molar-refractivity contribution in [1.82, 2.24) is 0 Å². The first kappa shape index (κ1) is 15.2. The van der Waals surface area contributed by atoms with Gasteiger partial charge in [0.25, 0.3) is 0 Å². The molecule has 1 unspecified atom stereocenters. The maximum absolute atomic E-state index is 10.0. The smallest absolute Gasteiger partial charge is 0.133 e. The molecule has 0 heterocycles. The number of rotatable bonds is 7. The fraction of sp³-hybridized carbons (Fsp3) is 1.00. The Morgan fingerprint density at radius 1 is 1.25 bits per heavy atom. The van der Waals surface area contributed by atoms with Gasteiger partial charge in [0.1, 0.15) is 6.61 Å². The van der Waals surface area contributed by atoms with E-state index in [0.717, 1.165) is 12.8 Å². The molecule has 0 amide bonds. The SMILES string of the molecule is CCCCCCCO[P+](=O)O.[Mo]. The van der Waals surface area contributed by atoms with Gasteiger partial charge >= 0.3 is 8.25 Å². The summed E-state index contributed by atoms with van der Waals surface area (Å²) in [6.45, 7) is 2.57. The Hall–Kier alpha value is 0.708. The van der Waals surface area contributed by atoms with Crippen molar-refractivity contribution in [3.63, 3.8) is 0 Å². The van der Waals surface area contributed by atoms with Crippen molar-refractivity contribution < 1.29 is 35.0 Å². The van der Waals surface area contributed by atoms with Crippen LogP contribution in [0.5, 0.6) is 0 Å². The van der Waals surface area contributed by atoms with Crippen LogP contribution >= 0.6 is 8.25 Å². The van der Waals surface area contributed by atoms with E-state index < -0.39 is 8.25 Å². The molecule has 1 N–H and O–H groups in total. The predicted octanol–water partition coefficient (Wildman–Crippen LogP) is 2.62. The summed E-state index contributed by atoms with van der Waals surface area (Å²) >= 11 is 0. The van der Waals surface area contributed by atoms with Gasteiger partial charge < -0.3 is 0 Å². The van der Waals surface area contributed by atoms with E-state index in [0.29, 0.717) is 6.61 Å². The summed E-state index contributed by atoms with van der Waals surface area (Å²) < 4.78 is 14.5. The van der Waals surface area contributed by atoms with Gasteiger partial charge in [0, 0.05) is 25.6 Å². The average molecular weight is 275 g/mol. The first-order valence-corrected chi connectivity index (χ1v) is 5.19. The normalized spacial score (nSPS) is 10.7. The average Bonchev–Trinajstić information content (AvgIpc) is 1.96. The first-order chi connectivity index (χ1) is 5.27. The van der Waals surface area contributed by atoms with Gasteiger partial charge in [-0.25, -0.2) is 0 Å². The second-order valence-corrected chi connectivity index (χ2v) is 3.22. The van der Waals surface area contributed by atoms with E-state index in [-0.39, 0.29) is 21.1 Å². The van der Waals surface area contributed by atoms with Crippen LogP contribution in [0.4, 0.5) is 0 Å². The standard InChI is InChI=1S/C7H15O3P.Mo/c1-2-3-4-5-6-7-10-11(8)9;/h2-7H2,1H3;/p+1. The second kappa shape index (κ2) is 11.7. The van der Waals surface area contributed by atoms with Gasteiger partial charge in [-0.05, 0) is 6.42 Å². The van der Waals surface area contributed by atoms with Crippen molar-refractivity contribution in [1.29, 1.82) is 0 Å². The molecular weight excluding hydrogens is 259 g/mol. The summed E-state index contributed by atoms with van der Waals surface area (Å²) in [4.78, 5) is 8.24. The molecule has 0 aliphatic rings. The Labute approximate surface area is 89.1 Å². The maximum atomic E-state index is 10.0. The molecule has 5 heteroatoms. The molecule has 0 radical (unpaired) electrons. The van der Waals surface area contributed by atoms with Gasteiger partial charge in [0.15, 0.2) is 0 Å². The van der Waals surface area contributed by atoms with Crippen LogP contribution in [0.25, 0.3) is 0 Å². The largest absolute Gasteiger partial charge is 0.694 e. The van der Waals surface area contributed by atoms with Gasteiger partial charge in [-0.1, -0.05) is 32.6 Å². The Balaban J connectivity index is 0. The van der Waals surface area contributed by atoms with Crippen molar-refractivity contribution in [3.8, 4) is 0 Å². The van der Waals surface area contributed by atoms with E-state index in [1.165, 1.54) is 19.3 Å². The number of hydrogen-bond acceptors (Lipinski definition) is 2. The van der Waals surface area contributed by atoms with Crippen molar-refractivity contribution >= 4 is 8.25 Å². The van der Waals surface area contributed by atoms with Gasteiger partial charge in [-0.2, -0.15) is 0 Å². The Kier molecular flexibility index (Phi) is 14.8.